The maximum atomic E-state index is 12.1. The second kappa shape index (κ2) is 7.59. The Labute approximate surface area is 129 Å². The topological polar surface area (TPSA) is 58.4 Å². The summed E-state index contributed by atoms with van der Waals surface area (Å²) in [6, 6.07) is 0.402. The second-order valence-electron chi connectivity index (χ2n) is 7.71. The molecule has 2 fully saturated rings. The van der Waals surface area contributed by atoms with E-state index in [2.05, 4.69) is 24.2 Å². The van der Waals surface area contributed by atoms with E-state index in [4.69, 9.17) is 5.73 Å². The summed E-state index contributed by atoms with van der Waals surface area (Å²) >= 11 is 0. The lowest BCUT2D eigenvalue weighted by molar-refractivity contribution is -0.122. The maximum absolute atomic E-state index is 12.1. The van der Waals surface area contributed by atoms with Crippen LogP contribution in [-0.2, 0) is 4.79 Å². The molecule has 1 amide bonds. The summed E-state index contributed by atoms with van der Waals surface area (Å²) in [7, 11) is 2.17. The smallest absolute Gasteiger partial charge is 0.220 e. The SMILES string of the molecule is CN1CCC(C)(CNC(=O)CCC2CCC(N)CC2)CC1. The fourth-order valence-electron chi connectivity index (χ4n) is 3.55. The molecule has 1 aliphatic carbocycles. The van der Waals surface area contributed by atoms with Gasteiger partial charge in [-0.3, -0.25) is 4.79 Å². The van der Waals surface area contributed by atoms with Crippen molar-refractivity contribution in [2.45, 2.75) is 64.3 Å². The lowest BCUT2D eigenvalue weighted by Gasteiger charge is -2.38. The average Bonchev–Trinajstić information content (AvgIpc) is 2.48. The van der Waals surface area contributed by atoms with E-state index in [1.807, 2.05) is 0 Å². The quantitative estimate of drug-likeness (QED) is 0.817. The highest BCUT2D eigenvalue weighted by Crippen LogP contribution is 2.30. The van der Waals surface area contributed by atoms with E-state index < -0.39 is 0 Å². The number of hydrogen-bond acceptors (Lipinski definition) is 3. The number of carbonyl (C=O) groups is 1. The third-order valence-corrected chi connectivity index (χ3v) is 5.58. The number of nitrogens with zero attached hydrogens (tertiary/aromatic N) is 1. The molecule has 21 heavy (non-hydrogen) atoms. The standard InChI is InChI=1S/C17H33N3O/c1-17(9-11-20(2)12-10-17)13-19-16(21)8-5-14-3-6-15(18)7-4-14/h14-15H,3-13,18H2,1-2H3,(H,19,21). The Morgan fingerprint density at radius 3 is 2.48 bits per heavy atom. The molecule has 0 aromatic carbocycles. The Hall–Kier alpha value is -0.610. The van der Waals surface area contributed by atoms with E-state index >= 15 is 0 Å². The predicted octanol–water partition coefficient (Wildman–Crippen LogP) is 2.13. The van der Waals surface area contributed by atoms with Gasteiger partial charge in [0.1, 0.15) is 0 Å². The molecule has 0 spiro atoms. The average molecular weight is 295 g/mol. The highest BCUT2D eigenvalue weighted by Gasteiger charge is 2.29. The van der Waals surface area contributed by atoms with Crippen LogP contribution in [0.3, 0.4) is 0 Å². The van der Waals surface area contributed by atoms with Gasteiger partial charge in [-0.15, -0.1) is 0 Å². The van der Waals surface area contributed by atoms with Crippen LogP contribution in [0, 0.1) is 11.3 Å². The first-order valence-corrected chi connectivity index (χ1v) is 8.68. The summed E-state index contributed by atoms with van der Waals surface area (Å²) in [5.41, 5.74) is 6.22. The van der Waals surface area contributed by atoms with Gasteiger partial charge in [-0.2, -0.15) is 0 Å². The number of likely N-dealkylation sites (tertiary alicyclic amines) is 1. The van der Waals surface area contributed by atoms with Crippen molar-refractivity contribution in [1.29, 1.82) is 0 Å². The van der Waals surface area contributed by atoms with Crippen molar-refractivity contribution in [1.82, 2.24) is 10.2 Å². The van der Waals surface area contributed by atoms with E-state index in [0.717, 1.165) is 44.8 Å². The molecule has 122 valence electrons. The van der Waals surface area contributed by atoms with Gasteiger partial charge >= 0.3 is 0 Å². The van der Waals surface area contributed by atoms with Gasteiger partial charge in [-0.25, -0.2) is 0 Å². The Morgan fingerprint density at radius 2 is 1.86 bits per heavy atom. The zero-order valence-electron chi connectivity index (χ0n) is 13.9. The summed E-state index contributed by atoms with van der Waals surface area (Å²) in [6.45, 7) is 5.45. The first-order chi connectivity index (χ1) is 9.97. The van der Waals surface area contributed by atoms with Crippen LogP contribution in [0.25, 0.3) is 0 Å². The molecule has 0 unspecified atom stereocenters. The molecular formula is C17H33N3O. The minimum atomic E-state index is 0.241. The van der Waals surface area contributed by atoms with E-state index in [1.165, 1.54) is 25.7 Å². The number of piperidine rings is 1. The van der Waals surface area contributed by atoms with Gasteiger partial charge in [0.2, 0.25) is 5.91 Å². The molecule has 4 heteroatoms. The van der Waals surface area contributed by atoms with Crippen LogP contribution in [0.15, 0.2) is 0 Å². The van der Waals surface area contributed by atoms with Crippen molar-refractivity contribution in [2.24, 2.45) is 17.1 Å². The third-order valence-electron chi connectivity index (χ3n) is 5.58. The lowest BCUT2D eigenvalue weighted by Crippen LogP contribution is -2.43. The van der Waals surface area contributed by atoms with Gasteiger partial charge in [0, 0.05) is 19.0 Å². The monoisotopic (exact) mass is 295 g/mol. The Kier molecular flexibility index (Phi) is 6.06. The van der Waals surface area contributed by atoms with Crippen molar-refractivity contribution in [2.75, 3.05) is 26.7 Å². The van der Waals surface area contributed by atoms with Crippen LogP contribution in [-0.4, -0.2) is 43.5 Å². The molecular weight excluding hydrogens is 262 g/mol. The number of carbonyl (C=O) groups excluding carboxylic acids is 1. The second-order valence-corrected chi connectivity index (χ2v) is 7.71. The van der Waals surface area contributed by atoms with Crippen molar-refractivity contribution < 1.29 is 4.79 Å². The number of amides is 1. The van der Waals surface area contributed by atoms with Crippen molar-refractivity contribution in [3.05, 3.63) is 0 Å². The Balaban J connectivity index is 1.61. The molecule has 1 aliphatic heterocycles. The molecule has 4 nitrogen and oxygen atoms in total. The largest absolute Gasteiger partial charge is 0.356 e. The number of hydrogen-bond donors (Lipinski definition) is 2. The fourth-order valence-corrected chi connectivity index (χ4v) is 3.55. The third kappa shape index (κ3) is 5.59. The first kappa shape index (κ1) is 16.8. The number of rotatable bonds is 5. The molecule has 0 radical (unpaired) electrons. The molecule has 0 atom stereocenters. The molecule has 2 aliphatic rings. The van der Waals surface area contributed by atoms with E-state index in [1.54, 1.807) is 0 Å². The molecule has 0 aromatic rings. The van der Waals surface area contributed by atoms with Crippen LogP contribution in [0.4, 0.5) is 0 Å². The van der Waals surface area contributed by atoms with Crippen molar-refractivity contribution >= 4 is 5.91 Å². The van der Waals surface area contributed by atoms with Crippen molar-refractivity contribution in [3.63, 3.8) is 0 Å². The van der Waals surface area contributed by atoms with Gasteiger partial charge in [-0.1, -0.05) is 6.92 Å². The van der Waals surface area contributed by atoms with E-state index in [0.29, 0.717) is 17.9 Å². The molecule has 2 rings (SSSR count). The van der Waals surface area contributed by atoms with Gasteiger partial charge in [0.15, 0.2) is 0 Å². The zero-order valence-corrected chi connectivity index (χ0v) is 13.9. The minimum absolute atomic E-state index is 0.241. The number of nitrogens with one attached hydrogen (secondary N) is 1. The summed E-state index contributed by atoms with van der Waals surface area (Å²) in [4.78, 5) is 14.4. The Morgan fingerprint density at radius 1 is 1.24 bits per heavy atom. The lowest BCUT2D eigenvalue weighted by atomic mass is 9.80. The summed E-state index contributed by atoms with van der Waals surface area (Å²) in [5.74, 6) is 0.958. The molecule has 3 N–H and O–H groups in total. The van der Waals surface area contributed by atoms with Crippen LogP contribution >= 0.6 is 0 Å². The minimum Gasteiger partial charge on any atom is -0.356 e. The molecule has 0 bridgehead atoms. The molecule has 0 aromatic heterocycles. The van der Waals surface area contributed by atoms with E-state index in [-0.39, 0.29) is 5.91 Å². The fraction of sp³-hybridized carbons (Fsp3) is 0.941. The summed E-state index contributed by atoms with van der Waals surface area (Å²) in [5, 5.41) is 3.17. The predicted molar refractivity (Wildman–Crippen MR) is 87.0 cm³/mol. The summed E-state index contributed by atoms with van der Waals surface area (Å²) < 4.78 is 0. The van der Waals surface area contributed by atoms with E-state index in [9.17, 15) is 4.79 Å². The number of nitrogens with two attached hydrogens (primary N) is 1. The zero-order chi connectivity index (χ0) is 15.3. The van der Waals surface area contributed by atoms with Gasteiger partial charge in [0.05, 0.1) is 0 Å². The van der Waals surface area contributed by atoms with Crippen LogP contribution in [0.1, 0.15) is 58.3 Å². The van der Waals surface area contributed by atoms with Crippen molar-refractivity contribution in [3.8, 4) is 0 Å². The highest BCUT2D eigenvalue weighted by molar-refractivity contribution is 5.75. The van der Waals surface area contributed by atoms with Crippen LogP contribution in [0.5, 0.6) is 0 Å². The Bertz CT molecular complexity index is 329. The molecule has 1 heterocycles. The molecule has 1 saturated carbocycles. The van der Waals surface area contributed by atoms with Gasteiger partial charge in [0.25, 0.3) is 0 Å². The first-order valence-electron chi connectivity index (χ1n) is 8.68. The molecule has 1 saturated heterocycles. The van der Waals surface area contributed by atoms with Crippen LogP contribution in [0.2, 0.25) is 0 Å². The maximum Gasteiger partial charge on any atom is 0.220 e. The summed E-state index contributed by atoms with van der Waals surface area (Å²) in [6.07, 6.45) is 8.79. The van der Waals surface area contributed by atoms with Gasteiger partial charge < -0.3 is 16.0 Å². The normalized spacial score (nSPS) is 30.0. The highest BCUT2D eigenvalue weighted by atomic mass is 16.1. The van der Waals surface area contributed by atoms with Gasteiger partial charge in [-0.05, 0) is 76.4 Å². The van der Waals surface area contributed by atoms with Crippen LogP contribution < -0.4 is 11.1 Å².